The molecular formula is C15H23FN2O. The molecule has 1 rings (SSSR count). The van der Waals surface area contributed by atoms with Crippen LogP contribution >= 0.6 is 0 Å². The maximum atomic E-state index is 14.0. The summed E-state index contributed by atoms with van der Waals surface area (Å²) in [4.78, 5) is 13.9. The predicted octanol–water partition coefficient (Wildman–Crippen LogP) is 3.22. The lowest BCUT2D eigenvalue weighted by atomic mass is 10.0. The van der Waals surface area contributed by atoms with Crippen molar-refractivity contribution < 1.29 is 9.18 Å². The number of benzene rings is 1. The van der Waals surface area contributed by atoms with E-state index in [1.54, 1.807) is 18.9 Å². The Kier molecular flexibility index (Phi) is 4.92. The first-order valence-electron chi connectivity index (χ1n) is 6.56. The summed E-state index contributed by atoms with van der Waals surface area (Å²) in [6, 6.07) is 3.00. The van der Waals surface area contributed by atoms with Crippen LogP contribution in [0.2, 0.25) is 0 Å². The van der Waals surface area contributed by atoms with Gasteiger partial charge in [-0.05, 0) is 43.9 Å². The Hall–Kier alpha value is -1.58. The fourth-order valence-corrected chi connectivity index (χ4v) is 2.18. The summed E-state index contributed by atoms with van der Waals surface area (Å²) in [7, 11) is 1.70. The number of nitrogen functional groups attached to an aromatic ring is 1. The number of carbonyl (C=O) groups excluding carboxylic acids is 1. The molecule has 0 saturated carbocycles. The number of rotatable bonds is 4. The van der Waals surface area contributed by atoms with Crippen molar-refractivity contribution >= 4 is 11.6 Å². The van der Waals surface area contributed by atoms with E-state index in [2.05, 4.69) is 13.8 Å². The highest BCUT2D eigenvalue weighted by Crippen LogP contribution is 2.20. The largest absolute Gasteiger partial charge is 0.399 e. The van der Waals surface area contributed by atoms with Crippen LogP contribution in [-0.4, -0.2) is 23.9 Å². The first-order chi connectivity index (χ1) is 8.73. The Morgan fingerprint density at radius 2 is 1.95 bits per heavy atom. The third-order valence-electron chi connectivity index (χ3n) is 3.30. The zero-order valence-corrected chi connectivity index (χ0v) is 12.3. The molecule has 1 aromatic rings. The average Bonchev–Trinajstić information content (AvgIpc) is 2.31. The second kappa shape index (κ2) is 6.04. The van der Waals surface area contributed by atoms with Crippen LogP contribution < -0.4 is 5.73 Å². The summed E-state index contributed by atoms with van der Waals surface area (Å²) in [5.41, 5.74) is 6.54. The monoisotopic (exact) mass is 266 g/mol. The minimum atomic E-state index is -0.484. The second-order valence-corrected chi connectivity index (χ2v) is 5.59. The number of amides is 1. The van der Waals surface area contributed by atoms with E-state index in [-0.39, 0.29) is 17.5 Å². The van der Waals surface area contributed by atoms with Crippen molar-refractivity contribution in [2.45, 2.75) is 40.2 Å². The molecule has 1 atom stereocenters. The lowest BCUT2D eigenvalue weighted by Crippen LogP contribution is -2.36. The number of nitrogens with two attached hydrogens (primary N) is 1. The van der Waals surface area contributed by atoms with Gasteiger partial charge in [0.05, 0.1) is 5.56 Å². The first-order valence-corrected chi connectivity index (χ1v) is 6.56. The Bertz CT molecular complexity index is 471. The molecule has 0 aliphatic heterocycles. The van der Waals surface area contributed by atoms with Crippen LogP contribution in [-0.2, 0) is 0 Å². The van der Waals surface area contributed by atoms with Gasteiger partial charge in [0.1, 0.15) is 5.82 Å². The maximum absolute atomic E-state index is 14.0. The van der Waals surface area contributed by atoms with Crippen LogP contribution in [0.15, 0.2) is 12.1 Å². The summed E-state index contributed by atoms with van der Waals surface area (Å²) in [6.07, 6.45) is 0.880. The molecule has 0 aliphatic carbocycles. The molecule has 0 aliphatic rings. The van der Waals surface area contributed by atoms with Crippen molar-refractivity contribution in [1.82, 2.24) is 4.90 Å². The molecule has 19 heavy (non-hydrogen) atoms. The van der Waals surface area contributed by atoms with Gasteiger partial charge in [0.2, 0.25) is 0 Å². The summed E-state index contributed by atoms with van der Waals surface area (Å²) < 4.78 is 14.0. The van der Waals surface area contributed by atoms with E-state index in [0.29, 0.717) is 17.2 Å². The highest BCUT2D eigenvalue weighted by Gasteiger charge is 2.22. The fraction of sp³-hybridized carbons (Fsp3) is 0.533. The van der Waals surface area contributed by atoms with E-state index in [1.807, 2.05) is 6.92 Å². The van der Waals surface area contributed by atoms with Crippen LogP contribution in [0.4, 0.5) is 10.1 Å². The molecule has 2 N–H and O–H groups in total. The van der Waals surface area contributed by atoms with Crippen molar-refractivity contribution in [3.63, 3.8) is 0 Å². The molecule has 0 bridgehead atoms. The molecule has 0 fully saturated rings. The van der Waals surface area contributed by atoms with Gasteiger partial charge in [0.25, 0.3) is 5.91 Å². The summed E-state index contributed by atoms with van der Waals surface area (Å²) in [5.74, 6) is -0.318. The van der Waals surface area contributed by atoms with Gasteiger partial charge in [-0.25, -0.2) is 4.39 Å². The molecule has 0 spiro atoms. The minimum Gasteiger partial charge on any atom is -0.399 e. The van der Waals surface area contributed by atoms with E-state index in [0.717, 1.165) is 6.42 Å². The van der Waals surface area contributed by atoms with Gasteiger partial charge >= 0.3 is 0 Å². The Balaban J connectivity index is 3.00. The van der Waals surface area contributed by atoms with Gasteiger partial charge in [-0.2, -0.15) is 0 Å². The lowest BCUT2D eigenvalue weighted by molar-refractivity contribution is 0.0723. The topological polar surface area (TPSA) is 46.3 Å². The number of halogens is 1. The highest BCUT2D eigenvalue weighted by molar-refractivity contribution is 5.95. The van der Waals surface area contributed by atoms with Crippen molar-refractivity contribution in [2.75, 3.05) is 12.8 Å². The average molecular weight is 266 g/mol. The van der Waals surface area contributed by atoms with Gasteiger partial charge in [-0.15, -0.1) is 0 Å². The number of hydrogen-bond donors (Lipinski definition) is 1. The molecule has 0 aromatic heterocycles. The minimum absolute atomic E-state index is 0.0515. The summed E-state index contributed by atoms with van der Waals surface area (Å²) in [6.45, 7) is 7.77. The first kappa shape index (κ1) is 15.5. The van der Waals surface area contributed by atoms with Crippen LogP contribution in [0, 0.1) is 18.7 Å². The molecular weight excluding hydrogens is 243 g/mol. The fourth-order valence-electron chi connectivity index (χ4n) is 2.18. The second-order valence-electron chi connectivity index (χ2n) is 5.59. The van der Waals surface area contributed by atoms with Crippen molar-refractivity contribution in [3.05, 3.63) is 29.1 Å². The third kappa shape index (κ3) is 3.69. The molecule has 0 heterocycles. The number of aryl methyl sites for hydroxylation is 1. The van der Waals surface area contributed by atoms with Crippen LogP contribution in [0.1, 0.15) is 43.1 Å². The molecule has 4 heteroatoms. The Morgan fingerprint density at radius 3 is 2.47 bits per heavy atom. The van der Waals surface area contributed by atoms with Gasteiger partial charge in [-0.3, -0.25) is 4.79 Å². The molecule has 3 nitrogen and oxygen atoms in total. The molecule has 1 amide bonds. The number of anilines is 1. The number of hydrogen-bond acceptors (Lipinski definition) is 2. The molecule has 0 radical (unpaired) electrons. The quantitative estimate of drug-likeness (QED) is 0.850. The van der Waals surface area contributed by atoms with Crippen molar-refractivity contribution in [3.8, 4) is 0 Å². The number of carbonyl (C=O) groups is 1. The molecule has 1 unspecified atom stereocenters. The van der Waals surface area contributed by atoms with Gasteiger partial charge in [0, 0.05) is 18.8 Å². The molecule has 0 saturated heterocycles. The van der Waals surface area contributed by atoms with Crippen molar-refractivity contribution in [1.29, 1.82) is 0 Å². The zero-order valence-electron chi connectivity index (χ0n) is 12.3. The summed E-state index contributed by atoms with van der Waals surface area (Å²) in [5, 5.41) is 0. The smallest absolute Gasteiger partial charge is 0.256 e. The summed E-state index contributed by atoms with van der Waals surface area (Å²) >= 11 is 0. The third-order valence-corrected chi connectivity index (χ3v) is 3.30. The van der Waals surface area contributed by atoms with Crippen LogP contribution in [0.5, 0.6) is 0 Å². The molecule has 1 aromatic carbocycles. The van der Waals surface area contributed by atoms with Gasteiger partial charge in [-0.1, -0.05) is 13.8 Å². The van der Waals surface area contributed by atoms with E-state index in [4.69, 9.17) is 5.73 Å². The van der Waals surface area contributed by atoms with E-state index < -0.39 is 5.82 Å². The lowest BCUT2D eigenvalue weighted by Gasteiger charge is -2.26. The van der Waals surface area contributed by atoms with Gasteiger partial charge in [0.15, 0.2) is 0 Å². The van der Waals surface area contributed by atoms with Gasteiger partial charge < -0.3 is 10.6 Å². The highest BCUT2D eigenvalue weighted by atomic mass is 19.1. The normalized spacial score (nSPS) is 12.6. The Labute approximate surface area is 114 Å². The Morgan fingerprint density at radius 1 is 1.37 bits per heavy atom. The van der Waals surface area contributed by atoms with E-state index >= 15 is 0 Å². The van der Waals surface area contributed by atoms with Crippen molar-refractivity contribution in [2.24, 2.45) is 5.92 Å². The number of nitrogens with zero attached hydrogens (tertiary/aromatic N) is 1. The maximum Gasteiger partial charge on any atom is 0.256 e. The molecule has 106 valence electrons. The van der Waals surface area contributed by atoms with E-state index in [1.165, 1.54) is 12.1 Å². The zero-order chi connectivity index (χ0) is 14.7. The predicted molar refractivity (Wildman–Crippen MR) is 76.6 cm³/mol. The van der Waals surface area contributed by atoms with Crippen LogP contribution in [0.25, 0.3) is 0 Å². The standard InChI is InChI=1S/C15H23FN2O/c1-9(2)6-11(4)18(5)15(19)13-8-12(17)7-10(3)14(13)16/h7-9,11H,6,17H2,1-5H3. The SMILES string of the molecule is Cc1cc(N)cc(C(=O)N(C)C(C)CC(C)C)c1F. The van der Waals surface area contributed by atoms with Crippen LogP contribution in [0.3, 0.4) is 0 Å². The van der Waals surface area contributed by atoms with E-state index in [9.17, 15) is 9.18 Å².